The Kier molecular flexibility index (Phi) is 6.10. The largest absolute Gasteiger partial charge is 0.292 e. The summed E-state index contributed by atoms with van der Waals surface area (Å²) in [5.41, 5.74) is -0.224. The number of carbonyl (C=O) groups excluding carboxylic acids is 4. The first kappa shape index (κ1) is 25.4. The van der Waals surface area contributed by atoms with Gasteiger partial charge in [-0.2, -0.15) is 5.01 Å². The number of hydrazine groups is 1. The van der Waals surface area contributed by atoms with Crippen molar-refractivity contribution in [2.75, 3.05) is 5.88 Å². The van der Waals surface area contributed by atoms with Crippen molar-refractivity contribution >= 4 is 40.8 Å². The Labute approximate surface area is 227 Å². The van der Waals surface area contributed by atoms with Crippen LogP contribution in [0.15, 0.2) is 60.7 Å². The number of non-ortho nitro benzene ring substituents is 1. The summed E-state index contributed by atoms with van der Waals surface area (Å²) < 4.78 is 13.6. The van der Waals surface area contributed by atoms with E-state index >= 15 is 0 Å². The highest BCUT2D eigenvalue weighted by molar-refractivity contribution is 6.18. The van der Waals surface area contributed by atoms with Gasteiger partial charge in [0.25, 0.3) is 23.4 Å². The number of carbonyl (C=O) groups is 4. The van der Waals surface area contributed by atoms with Crippen molar-refractivity contribution in [3.63, 3.8) is 0 Å². The molecule has 3 fully saturated rings. The predicted molar refractivity (Wildman–Crippen MR) is 136 cm³/mol. The van der Waals surface area contributed by atoms with Crippen LogP contribution in [-0.2, 0) is 9.59 Å². The summed E-state index contributed by atoms with van der Waals surface area (Å²) in [5.74, 6) is -4.00. The minimum Gasteiger partial charge on any atom is -0.292 e. The number of imide groups is 1. The molecule has 7 rings (SSSR count). The smallest absolute Gasteiger partial charge is 0.273 e. The fraction of sp³-hybridized carbons (Fsp3) is 0.357. The number of benzene rings is 2. The lowest BCUT2D eigenvalue weighted by atomic mass is 9.63. The van der Waals surface area contributed by atoms with E-state index in [4.69, 9.17) is 11.6 Å². The highest BCUT2D eigenvalue weighted by Crippen LogP contribution is 2.65. The summed E-state index contributed by atoms with van der Waals surface area (Å²) in [5, 5.41) is 12.8. The first-order valence-corrected chi connectivity index (χ1v) is 13.3. The number of amides is 3. The SMILES string of the molecule is O=C(c1ccc(F)cc1)[C@H](CCCl)N(C(=O)c1ccc([N+](=O)[O-])cc1)N1C(=O)[C@@H]2[C@H]3C=C[C@@H]([C@@H]4C[C@H]34)[C@@H]2C1=O. The van der Waals surface area contributed by atoms with E-state index in [0.717, 1.165) is 40.7 Å². The number of halogens is 2. The zero-order valence-electron chi connectivity index (χ0n) is 20.5. The van der Waals surface area contributed by atoms with Gasteiger partial charge < -0.3 is 0 Å². The summed E-state index contributed by atoms with van der Waals surface area (Å²) in [6, 6.07) is 8.07. The molecule has 39 heavy (non-hydrogen) atoms. The molecular formula is C28H23ClFN3O6. The molecule has 1 saturated heterocycles. The second-order valence-corrected chi connectivity index (χ2v) is 10.8. The number of alkyl halides is 1. The predicted octanol–water partition coefficient (Wildman–Crippen LogP) is 4.02. The molecule has 1 heterocycles. The van der Waals surface area contributed by atoms with Crippen LogP contribution in [0.4, 0.5) is 10.1 Å². The van der Waals surface area contributed by atoms with Crippen molar-refractivity contribution in [3.05, 3.63) is 87.7 Å². The number of nitro groups is 1. The lowest BCUT2D eigenvalue weighted by Gasteiger charge is -2.37. The molecule has 7 atom stereocenters. The van der Waals surface area contributed by atoms with Gasteiger partial charge in [0.05, 0.1) is 16.8 Å². The van der Waals surface area contributed by atoms with E-state index in [0.29, 0.717) is 11.8 Å². The van der Waals surface area contributed by atoms with Crippen molar-refractivity contribution in [3.8, 4) is 0 Å². The Morgan fingerprint density at radius 2 is 1.51 bits per heavy atom. The van der Waals surface area contributed by atoms with Gasteiger partial charge in [-0.3, -0.25) is 29.3 Å². The topological polar surface area (TPSA) is 118 Å². The van der Waals surface area contributed by atoms with Gasteiger partial charge >= 0.3 is 0 Å². The molecule has 9 nitrogen and oxygen atoms in total. The molecule has 2 bridgehead atoms. The minimum absolute atomic E-state index is 0.0495. The molecule has 0 aromatic heterocycles. The summed E-state index contributed by atoms with van der Waals surface area (Å²) in [4.78, 5) is 66.1. The van der Waals surface area contributed by atoms with Gasteiger partial charge in [-0.25, -0.2) is 9.40 Å². The highest BCUT2D eigenvalue weighted by Gasteiger charge is 2.68. The number of hydrogen-bond acceptors (Lipinski definition) is 6. The van der Waals surface area contributed by atoms with Crippen molar-refractivity contribution in [1.82, 2.24) is 10.0 Å². The third kappa shape index (κ3) is 3.96. The van der Waals surface area contributed by atoms with E-state index < -0.39 is 52.1 Å². The van der Waals surface area contributed by atoms with Gasteiger partial charge in [0.1, 0.15) is 11.9 Å². The lowest BCUT2D eigenvalue weighted by molar-refractivity contribution is -0.384. The Balaban J connectivity index is 1.43. The highest BCUT2D eigenvalue weighted by atomic mass is 35.5. The van der Waals surface area contributed by atoms with Crippen LogP contribution in [0.5, 0.6) is 0 Å². The average molecular weight is 552 g/mol. The number of hydrogen-bond donors (Lipinski definition) is 0. The maximum Gasteiger partial charge on any atom is 0.273 e. The fourth-order valence-electron chi connectivity index (χ4n) is 6.66. The second kappa shape index (κ2) is 9.37. The molecule has 0 unspecified atom stereocenters. The first-order valence-electron chi connectivity index (χ1n) is 12.7. The van der Waals surface area contributed by atoms with Crippen LogP contribution in [0.2, 0.25) is 0 Å². The third-order valence-corrected chi connectivity index (χ3v) is 8.72. The molecule has 1 aliphatic heterocycles. The number of ketones is 1. The van der Waals surface area contributed by atoms with Gasteiger partial charge in [0.2, 0.25) is 0 Å². The van der Waals surface area contributed by atoms with E-state index in [1.54, 1.807) is 0 Å². The van der Waals surface area contributed by atoms with Crippen LogP contribution in [0.25, 0.3) is 0 Å². The van der Waals surface area contributed by atoms with Crippen LogP contribution in [0.1, 0.15) is 33.6 Å². The standard InChI is InChI=1S/C28H23ClFN3O6/c29-12-11-22(25(34)14-1-5-16(30)6-2-14)31(26(35)15-3-7-17(8-4-15)33(38)39)32-27(36)23-18-9-10-19(21-13-20(18)21)24(23)28(32)37/h1-10,18-24H,11-13H2/t18-,19-,20-,21+,22-,23-,24+/m0/s1. The number of allylic oxidation sites excluding steroid dienone is 2. The van der Waals surface area contributed by atoms with Crippen LogP contribution < -0.4 is 0 Å². The third-order valence-electron chi connectivity index (χ3n) is 8.50. The number of nitro benzene ring substituents is 1. The van der Waals surface area contributed by atoms with Gasteiger partial charge in [-0.05, 0) is 72.9 Å². The van der Waals surface area contributed by atoms with Crippen molar-refractivity contribution in [2.45, 2.75) is 18.9 Å². The fourth-order valence-corrected chi connectivity index (χ4v) is 6.86. The molecule has 11 heteroatoms. The van der Waals surface area contributed by atoms with Crippen molar-refractivity contribution in [1.29, 1.82) is 0 Å². The molecule has 200 valence electrons. The molecule has 3 amide bonds. The number of nitrogens with zero attached hydrogens (tertiary/aromatic N) is 3. The molecular weight excluding hydrogens is 529 g/mol. The molecule has 4 aliphatic carbocycles. The number of Topliss-reactive ketones (excluding diaryl/α,β-unsaturated/α-hetero) is 1. The summed E-state index contributed by atoms with van der Waals surface area (Å²) in [6.07, 6.45) is 4.85. The van der Waals surface area contributed by atoms with Gasteiger partial charge in [-0.15, -0.1) is 11.6 Å². The average Bonchev–Trinajstić information content (AvgIpc) is 3.72. The maximum absolute atomic E-state index is 14.0. The minimum atomic E-state index is -1.36. The molecule has 2 aromatic rings. The second-order valence-electron chi connectivity index (χ2n) is 10.5. The van der Waals surface area contributed by atoms with E-state index in [-0.39, 0.29) is 41.0 Å². The normalized spacial score (nSPS) is 28.6. The molecule has 2 saturated carbocycles. The van der Waals surface area contributed by atoms with Crippen LogP contribution in [-0.4, -0.2) is 50.4 Å². The van der Waals surface area contributed by atoms with Gasteiger partial charge in [0, 0.05) is 29.1 Å². The number of rotatable bonds is 8. The van der Waals surface area contributed by atoms with Gasteiger partial charge in [-0.1, -0.05) is 12.2 Å². The summed E-state index contributed by atoms with van der Waals surface area (Å²) in [6.45, 7) is 0. The molecule has 2 aromatic carbocycles. The Morgan fingerprint density at radius 1 is 0.974 bits per heavy atom. The Bertz CT molecular complexity index is 1390. The van der Waals surface area contributed by atoms with E-state index in [9.17, 15) is 33.7 Å². The van der Waals surface area contributed by atoms with E-state index in [1.807, 2.05) is 12.2 Å². The quantitative estimate of drug-likeness (QED) is 0.122. The first-order chi connectivity index (χ1) is 18.7. The lowest BCUT2D eigenvalue weighted by Crippen LogP contribution is -2.57. The summed E-state index contributed by atoms with van der Waals surface area (Å²) >= 11 is 6.06. The Hall–Kier alpha value is -3.92. The zero-order chi connectivity index (χ0) is 27.6. The van der Waals surface area contributed by atoms with Crippen LogP contribution in [0, 0.1) is 51.4 Å². The van der Waals surface area contributed by atoms with E-state index in [1.165, 1.54) is 24.3 Å². The zero-order valence-corrected chi connectivity index (χ0v) is 21.2. The van der Waals surface area contributed by atoms with Gasteiger partial charge in [0.15, 0.2) is 5.78 Å². The maximum atomic E-state index is 14.0. The molecule has 0 N–H and O–H groups in total. The monoisotopic (exact) mass is 551 g/mol. The summed E-state index contributed by atoms with van der Waals surface area (Å²) in [7, 11) is 0. The van der Waals surface area contributed by atoms with E-state index in [2.05, 4.69) is 0 Å². The Morgan fingerprint density at radius 3 is 2.03 bits per heavy atom. The molecule has 0 spiro atoms. The van der Waals surface area contributed by atoms with Crippen LogP contribution in [0.3, 0.4) is 0 Å². The molecule has 5 aliphatic rings. The molecule has 0 radical (unpaired) electrons. The van der Waals surface area contributed by atoms with Crippen LogP contribution >= 0.6 is 11.6 Å². The van der Waals surface area contributed by atoms with Crippen molar-refractivity contribution < 1.29 is 28.5 Å². The van der Waals surface area contributed by atoms with Crippen molar-refractivity contribution in [2.24, 2.45) is 35.5 Å².